The number of aromatic nitrogens is 2. The molecule has 3 heterocycles. The highest BCUT2D eigenvalue weighted by Gasteiger charge is 2.23. The lowest BCUT2D eigenvalue weighted by molar-refractivity contribution is 0.0587. The standard InChI is InChI=1S/C19H19N5O3S/c1-27-19(26)17-21-14-6-11-28-15(14)18(22-17)24-9-7-23(8-10-24)13-4-2-12(3-5-13)16(20)25/h2-6,11H,7-10H2,1H3,(H2,20,25). The van der Waals surface area contributed by atoms with E-state index in [0.717, 1.165) is 47.9 Å². The smallest absolute Gasteiger partial charge is 0.376 e. The highest BCUT2D eigenvalue weighted by atomic mass is 32.1. The molecule has 1 aromatic carbocycles. The minimum atomic E-state index is -0.539. The summed E-state index contributed by atoms with van der Waals surface area (Å²) in [6.07, 6.45) is 0. The predicted octanol–water partition coefficient (Wildman–Crippen LogP) is 1.90. The number of hydrogen-bond acceptors (Lipinski definition) is 8. The Kier molecular flexibility index (Phi) is 4.82. The Morgan fingerprint density at radius 1 is 1.04 bits per heavy atom. The quantitative estimate of drug-likeness (QED) is 0.671. The first-order chi connectivity index (χ1) is 13.6. The third kappa shape index (κ3) is 3.36. The maximum Gasteiger partial charge on any atom is 0.376 e. The number of anilines is 2. The molecule has 9 heteroatoms. The van der Waals surface area contributed by atoms with Crippen LogP contribution in [-0.2, 0) is 4.74 Å². The number of nitrogens with two attached hydrogens (primary N) is 1. The van der Waals surface area contributed by atoms with Crippen molar-refractivity contribution in [1.29, 1.82) is 0 Å². The largest absolute Gasteiger partial charge is 0.463 e. The Labute approximate surface area is 165 Å². The number of nitrogens with zero attached hydrogens (tertiary/aromatic N) is 4. The van der Waals surface area contributed by atoms with E-state index in [9.17, 15) is 9.59 Å². The molecule has 1 fully saturated rings. The normalized spacial score (nSPS) is 14.3. The van der Waals surface area contributed by atoms with Crippen LogP contribution in [0.3, 0.4) is 0 Å². The Hall–Kier alpha value is -3.20. The summed E-state index contributed by atoms with van der Waals surface area (Å²) >= 11 is 1.56. The van der Waals surface area contributed by atoms with Crippen LogP contribution >= 0.6 is 11.3 Å². The average molecular weight is 397 g/mol. The molecule has 0 radical (unpaired) electrons. The van der Waals surface area contributed by atoms with Crippen molar-refractivity contribution in [2.45, 2.75) is 0 Å². The van der Waals surface area contributed by atoms with E-state index in [0.29, 0.717) is 5.56 Å². The fourth-order valence-electron chi connectivity index (χ4n) is 3.26. The van der Waals surface area contributed by atoms with Gasteiger partial charge in [0.2, 0.25) is 11.7 Å². The third-order valence-corrected chi connectivity index (χ3v) is 5.65. The Bertz CT molecular complexity index is 1030. The van der Waals surface area contributed by atoms with Crippen molar-refractivity contribution in [1.82, 2.24) is 9.97 Å². The van der Waals surface area contributed by atoms with Gasteiger partial charge in [0.25, 0.3) is 0 Å². The summed E-state index contributed by atoms with van der Waals surface area (Å²) in [6.45, 7) is 3.09. The van der Waals surface area contributed by atoms with E-state index in [-0.39, 0.29) is 5.82 Å². The van der Waals surface area contributed by atoms with Gasteiger partial charge in [0.1, 0.15) is 0 Å². The number of rotatable bonds is 4. The number of carbonyl (C=O) groups excluding carboxylic acids is 2. The number of hydrogen-bond donors (Lipinski definition) is 1. The van der Waals surface area contributed by atoms with Crippen molar-refractivity contribution < 1.29 is 14.3 Å². The van der Waals surface area contributed by atoms with Gasteiger partial charge >= 0.3 is 5.97 Å². The number of methoxy groups -OCH3 is 1. The van der Waals surface area contributed by atoms with Crippen molar-refractivity contribution >= 4 is 44.9 Å². The summed E-state index contributed by atoms with van der Waals surface area (Å²) in [7, 11) is 1.32. The maximum absolute atomic E-state index is 11.9. The topological polar surface area (TPSA) is 102 Å². The molecule has 1 saturated heterocycles. The Morgan fingerprint density at radius 2 is 1.71 bits per heavy atom. The van der Waals surface area contributed by atoms with Crippen LogP contribution in [-0.4, -0.2) is 55.1 Å². The van der Waals surface area contributed by atoms with Gasteiger partial charge in [0.05, 0.1) is 17.3 Å². The van der Waals surface area contributed by atoms with Crippen LogP contribution < -0.4 is 15.5 Å². The zero-order chi connectivity index (χ0) is 19.7. The first kappa shape index (κ1) is 18.2. The van der Waals surface area contributed by atoms with E-state index < -0.39 is 11.9 Å². The van der Waals surface area contributed by atoms with Gasteiger partial charge in [-0.15, -0.1) is 11.3 Å². The molecular formula is C19H19N5O3S. The molecule has 1 aliphatic rings. The maximum atomic E-state index is 11.9. The van der Waals surface area contributed by atoms with E-state index in [1.165, 1.54) is 7.11 Å². The number of carbonyl (C=O) groups is 2. The van der Waals surface area contributed by atoms with Crippen molar-refractivity contribution in [3.05, 3.63) is 47.1 Å². The molecule has 2 aromatic heterocycles. The number of esters is 1. The lowest BCUT2D eigenvalue weighted by Crippen LogP contribution is -2.47. The number of ether oxygens (including phenoxy) is 1. The Balaban J connectivity index is 1.54. The molecule has 1 aliphatic heterocycles. The number of primary amides is 1. The van der Waals surface area contributed by atoms with Crippen LogP contribution in [0.15, 0.2) is 35.7 Å². The molecule has 0 bridgehead atoms. The molecule has 0 saturated carbocycles. The highest BCUT2D eigenvalue weighted by Crippen LogP contribution is 2.30. The highest BCUT2D eigenvalue weighted by molar-refractivity contribution is 7.17. The Morgan fingerprint density at radius 3 is 2.36 bits per heavy atom. The molecule has 144 valence electrons. The summed E-state index contributed by atoms with van der Waals surface area (Å²) in [5.41, 5.74) is 7.60. The van der Waals surface area contributed by atoms with Crippen molar-refractivity contribution in [2.75, 3.05) is 43.1 Å². The van der Waals surface area contributed by atoms with Gasteiger partial charge in [-0.3, -0.25) is 4.79 Å². The molecule has 3 aromatic rings. The number of amides is 1. The molecule has 0 aliphatic carbocycles. The predicted molar refractivity (Wildman–Crippen MR) is 108 cm³/mol. The zero-order valence-corrected chi connectivity index (χ0v) is 16.1. The van der Waals surface area contributed by atoms with E-state index >= 15 is 0 Å². The van der Waals surface area contributed by atoms with Crippen molar-refractivity contribution in [3.8, 4) is 0 Å². The second-order valence-electron chi connectivity index (χ2n) is 6.38. The van der Waals surface area contributed by atoms with E-state index in [4.69, 9.17) is 10.5 Å². The molecule has 8 nitrogen and oxygen atoms in total. The van der Waals surface area contributed by atoms with E-state index in [1.54, 1.807) is 23.5 Å². The minimum Gasteiger partial charge on any atom is -0.463 e. The summed E-state index contributed by atoms with van der Waals surface area (Å²) in [5, 5.41) is 1.94. The van der Waals surface area contributed by atoms with Gasteiger partial charge in [-0.1, -0.05) is 0 Å². The van der Waals surface area contributed by atoms with Crippen molar-refractivity contribution in [2.24, 2.45) is 5.73 Å². The SMILES string of the molecule is COC(=O)c1nc(N2CCN(c3ccc(C(N)=O)cc3)CC2)c2sccc2n1. The van der Waals surface area contributed by atoms with Gasteiger partial charge < -0.3 is 20.3 Å². The molecule has 0 spiro atoms. The van der Waals surface area contributed by atoms with Gasteiger partial charge in [0, 0.05) is 37.4 Å². The fraction of sp³-hybridized carbons (Fsp3) is 0.263. The number of benzene rings is 1. The summed E-state index contributed by atoms with van der Waals surface area (Å²) < 4.78 is 5.75. The van der Waals surface area contributed by atoms with E-state index in [1.807, 2.05) is 23.6 Å². The van der Waals surface area contributed by atoms with Gasteiger partial charge in [-0.2, -0.15) is 0 Å². The molecule has 0 atom stereocenters. The lowest BCUT2D eigenvalue weighted by atomic mass is 10.1. The average Bonchev–Trinajstić information content (AvgIpc) is 3.21. The summed E-state index contributed by atoms with van der Waals surface area (Å²) in [5.74, 6) is -0.124. The molecule has 1 amide bonds. The zero-order valence-electron chi connectivity index (χ0n) is 15.3. The molecule has 2 N–H and O–H groups in total. The molecular weight excluding hydrogens is 378 g/mol. The van der Waals surface area contributed by atoms with Crippen LogP contribution in [0.4, 0.5) is 11.5 Å². The summed E-state index contributed by atoms with van der Waals surface area (Å²) in [4.78, 5) is 36.3. The molecule has 4 rings (SSSR count). The van der Waals surface area contributed by atoms with Crippen LogP contribution in [0.5, 0.6) is 0 Å². The van der Waals surface area contributed by atoms with Crippen LogP contribution in [0.1, 0.15) is 21.0 Å². The van der Waals surface area contributed by atoms with E-state index in [2.05, 4.69) is 19.8 Å². The number of thiophene rings is 1. The lowest BCUT2D eigenvalue weighted by Gasteiger charge is -2.37. The van der Waals surface area contributed by atoms with Crippen LogP contribution in [0, 0.1) is 0 Å². The third-order valence-electron chi connectivity index (χ3n) is 4.75. The first-order valence-electron chi connectivity index (χ1n) is 8.80. The number of piperazine rings is 1. The second-order valence-corrected chi connectivity index (χ2v) is 7.30. The monoisotopic (exact) mass is 397 g/mol. The molecule has 28 heavy (non-hydrogen) atoms. The first-order valence-corrected chi connectivity index (χ1v) is 9.68. The summed E-state index contributed by atoms with van der Waals surface area (Å²) in [6, 6.07) is 9.19. The van der Waals surface area contributed by atoms with Gasteiger partial charge in [0.15, 0.2) is 5.82 Å². The van der Waals surface area contributed by atoms with Gasteiger partial charge in [-0.25, -0.2) is 14.8 Å². The van der Waals surface area contributed by atoms with Crippen LogP contribution in [0.25, 0.3) is 10.2 Å². The minimum absolute atomic E-state index is 0.0767. The van der Waals surface area contributed by atoms with Crippen LogP contribution in [0.2, 0.25) is 0 Å². The molecule has 0 unspecified atom stereocenters. The van der Waals surface area contributed by atoms with Crippen molar-refractivity contribution in [3.63, 3.8) is 0 Å². The van der Waals surface area contributed by atoms with Gasteiger partial charge in [-0.05, 0) is 35.7 Å². The second kappa shape index (κ2) is 7.43. The fourth-order valence-corrected chi connectivity index (χ4v) is 4.11. The number of fused-ring (bicyclic) bond motifs is 1.